The lowest BCUT2D eigenvalue weighted by Crippen LogP contribution is -2.13. The maximum absolute atomic E-state index is 13.5. The molecule has 29 heavy (non-hydrogen) atoms. The summed E-state index contributed by atoms with van der Waals surface area (Å²) in [5.41, 5.74) is 0.154. The van der Waals surface area contributed by atoms with E-state index in [2.05, 4.69) is 6.92 Å². The fraction of sp³-hybridized carbons (Fsp3) is 0.458. The lowest BCUT2D eigenvalue weighted by Gasteiger charge is -2.15. The highest BCUT2D eigenvalue weighted by Gasteiger charge is 2.22. The first kappa shape index (κ1) is 24.7. The zero-order valence-electron chi connectivity index (χ0n) is 18.0. The molecule has 0 heterocycles. The van der Waals surface area contributed by atoms with Crippen molar-refractivity contribution in [2.75, 3.05) is 0 Å². The van der Waals surface area contributed by atoms with Crippen LogP contribution in [0.3, 0.4) is 0 Å². The first-order chi connectivity index (χ1) is 13.8. The Morgan fingerprint density at radius 1 is 0.897 bits per heavy atom. The highest BCUT2D eigenvalue weighted by Crippen LogP contribution is 2.22. The molecule has 0 atom stereocenters. The van der Waals surface area contributed by atoms with Gasteiger partial charge in [-0.15, -0.1) is 0 Å². The van der Waals surface area contributed by atoms with Gasteiger partial charge < -0.3 is 4.74 Å². The molecule has 2 aromatic carbocycles. The van der Waals surface area contributed by atoms with Crippen molar-refractivity contribution in [2.24, 2.45) is 5.92 Å². The third kappa shape index (κ3) is 7.56. The second-order valence-corrected chi connectivity index (χ2v) is 7.13. The van der Waals surface area contributed by atoms with Crippen molar-refractivity contribution >= 4 is 5.97 Å². The van der Waals surface area contributed by atoms with Gasteiger partial charge in [0.1, 0.15) is 5.75 Å². The number of carbonyl (C=O) groups excluding carboxylic acids is 1. The molecular formula is C24H31F3O2. The van der Waals surface area contributed by atoms with Gasteiger partial charge in [0.05, 0.1) is 5.56 Å². The van der Waals surface area contributed by atoms with Crippen LogP contribution in [0.4, 0.5) is 13.2 Å². The molecule has 0 aromatic heterocycles. The van der Waals surface area contributed by atoms with Crippen LogP contribution < -0.4 is 4.74 Å². The molecule has 0 radical (unpaired) electrons. The maximum atomic E-state index is 13.5. The first-order valence-corrected chi connectivity index (χ1v) is 10.2. The molecule has 0 N–H and O–H groups in total. The van der Waals surface area contributed by atoms with Gasteiger partial charge >= 0.3 is 5.97 Å². The number of hydrogen-bond donors (Lipinski definition) is 0. The van der Waals surface area contributed by atoms with E-state index in [0.717, 1.165) is 17.5 Å². The predicted octanol–water partition coefficient (Wildman–Crippen LogP) is 7.55. The standard InChI is InChI=1S/C15H11F3O2.C7H14.C2H6/c1-8-3-5-10(6-4-8)20-15(19)11-7-9(2)12(16)14(18)13(11)17;1-7-5-3-2-4-6-7;1-2/h3-7H,1-2H3;7H,2-6H2,1H3;1-2H3. The summed E-state index contributed by atoms with van der Waals surface area (Å²) >= 11 is 0. The van der Waals surface area contributed by atoms with E-state index < -0.39 is 29.0 Å². The van der Waals surface area contributed by atoms with Gasteiger partial charge in [0.25, 0.3) is 0 Å². The van der Waals surface area contributed by atoms with E-state index in [9.17, 15) is 18.0 Å². The molecule has 5 heteroatoms. The number of carbonyl (C=O) groups is 1. The Kier molecular flexibility index (Phi) is 10.5. The topological polar surface area (TPSA) is 26.3 Å². The third-order valence-electron chi connectivity index (χ3n) is 4.67. The summed E-state index contributed by atoms with van der Waals surface area (Å²) in [6, 6.07) is 7.38. The summed E-state index contributed by atoms with van der Waals surface area (Å²) in [4.78, 5) is 11.8. The molecule has 0 spiro atoms. The van der Waals surface area contributed by atoms with Crippen LogP contribution >= 0.6 is 0 Å². The van der Waals surface area contributed by atoms with Crippen molar-refractivity contribution in [2.45, 2.75) is 66.7 Å². The van der Waals surface area contributed by atoms with Crippen molar-refractivity contribution in [1.29, 1.82) is 0 Å². The predicted molar refractivity (Wildman–Crippen MR) is 111 cm³/mol. The molecule has 0 unspecified atom stereocenters. The largest absolute Gasteiger partial charge is 0.423 e. The molecule has 1 saturated carbocycles. The Morgan fingerprint density at radius 2 is 1.45 bits per heavy atom. The molecule has 1 aliphatic carbocycles. The molecule has 1 aliphatic rings. The number of halogens is 3. The van der Waals surface area contributed by atoms with Gasteiger partial charge in [0, 0.05) is 0 Å². The Labute approximate surface area is 172 Å². The molecule has 1 fully saturated rings. The highest BCUT2D eigenvalue weighted by molar-refractivity contribution is 5.91. The van der Waals surface area contributed by atoms with E-state index in [-0.39, 0.29) is 11.3 Å². The Balaban J connectivity index is 0.000000390. The lowest BCUT2D eigenvalue weighted by atomic mass is 9.91. The Bertz CT molecular complexity index is 780. The highest BCUT2D eigenvalue weighted by atomic mass is 19.2. The molecule has 0 amide bonds. The summed E-state index contributed by atoms with van der Waals surface area (Å²) in [7, 11) is 0. The molecular weight excluding hydrogens is 377 g/mol. The molecule has 160 valence electrons. The average molecular weight is 409 g/mol. The molecule has 2 aromatic rings. The van der Waals surface area contributed by atoms with Crippen LogP contribution in [-0.2, 0) is 0 Å². The van der Waals surface area contributed by atoms with Crippen molar-refractivity contribution in [3.05, 3.63) is 64.5 Å². The molecule has 2 nitrogen and oxygen atoms in total. The fourth-order valence-electron chi connectivity index (χ4n) is 2.95. The van der Waals surface area contributed by atoms with Gasteiger partial charge in [-0.2, -0.15) is 0 Å². The van der Waals surface area contributed by atoms with Crippen LogP contribution in [0.2, 0.25) is 0 Å². The van der Waals surface area contributed by atoms with Crippen LogP contribution in [0.15, 0.2) is 30.3 Å². The van der Waals surface area contributed by atoms with E-state index in [1.165, 1.54) is 51.2 Å². The van der Waals surface area contributed by atoms with Crippen LogP contribution in [-0.4, -0.2) is 5.97 Å². The first-order valence-electron chi connectivity index (χ1n) is 10.2. The Morgan fingerprint density at radius 3 is 1.93 bits per heavy atom. The van der Waals surface area contributed by atoms with E-state index in [0.29, 0.717) is 0 Å². The minimum absolute atomic E-state index is 0.167. The van der Waals surface area contributed by atoms with Crippen molar-refractivity contribution in [1.82, 2.24) is 0 Å². The number of ether oxygens (including phenoxy) is 1. The van der Waals surface area contributed by atoms with Gasteiger partial charge in [0.15, 0.2) is 17.5 Å². The second-order valence-electron chi connectivity index (χ2n) is 7.13. The van der Waals surface area contributed by atoms with Gasteiger partial charge in [-0.1, -0.05) is 70.6 Å². The van der Waals surface area contributed by atoms with E-state index in [4.69, 9.17) is 4.74 Å². The van der Waals surface area contributed by atoms with Gasteiger partial charge in [0.2, 0.25) is 0 Å². The summed E-state index contributed by atoms with van der Waals surface area (Å²) in [6.45, 7) is 9.45. The van der Waals surface area contributed by atoms with Crippen molar-refractivity contribution in [3.8, 4) is 5.75 Å². The summed E-state index contributed by atoms with van der Waals surface area (Å²) < 4.78 is 44.8. The normalized spacial score (nSPS) is 13.5. The van der Waals surface area contributed by atoms with Crippen LogP contribution in [0.5, 0.6) is 5.75 Å². The number of rotatable bonds is 2. The molecule has 0 aliphatic heterocycles. The molecule has 0 bridgehead atoms. The quantitative estimate of drug-likeness (QED) is 0.291. The average Bonchev–Trinajstić information content (AvgIpc) is 2.73. The Hall–Kier alpha value is -2.30. The van der Waals surface area contributed by atoms with Gasteiger partial charge in [-0.3, -0.25) is 0 Å². The van der Waals surface area contributed by atoms with Gasteiger partial charge in [-0.25, -0.2) is 18.0 Å². The minimum atomic E-state index is -1.68. The van der Waals surface area contributed by atoms with Crippen molar-refractivity contribution in [3.63, 3.8) is 0 Å². The van der Waals surface area contributed by atoms with E-state index >= 15 is 0 Å². The SMILES string of the molecule is CC.CC1CCCCC1.Cc1ccc(OC(=O)c2cc(C)c(F)c(F)c2F)cc1. The van der Waals surface area contributed by atoms with Crippen molar-refractivity contribution < 1.29 is 22.7 Å². The maximum Gasteiger partial charge on any atom is 0.346 e. The smallest absolute Gasteiger partial charge is 0.346 e. The summed E-state index contributed by atoms with van der Waals surface area (Å²) in [5, 5.41) is 0. The zero-order valence-corrected chi connectivity index (χ0v) is 18.0. The van der Waals surface area contributed by atoms with Gasteiger partial charge in [-0.05, 0) is 43.5 Å². The van der Waals surface area contributed by atoms with E-state index in [1.54, 1.807) is 12.1 Å². The summed E-state index contributed by atoms with van der Waals surface area (Å²) in [5.74, 6) is -4.38. The number of aryl methyl sites for hydroxylation is 2. The van der Waals surface area contributed by atoms with E-state index in [1.807, 2.05) is 20.8 Å². The fourth-order valence-corrected chi connectivity index (χ4v) is 2.95. The van der Waals surface area contributed by atoms with Crippen LogP contribution in [0.25, 0.3) is 0 Å². The molecule has 0 saturated heterocycles. The second kappa shape index (κ2) is 12.3. The number of esters is 1. The minimum Gasteiger partial charge on any atom is -0.423 e. The number of hydrogen-bond acceptors (Lipinski definition) is 2. The molecule has 3 rings (SSSR count). The van der Waals surface area contributed by atoms with Crippen LogP contribution in [0.1, 0.15) is 74.4 Å². The lowest BCUT2D eigenvalue weighted by molar-refractivity contribution is 0.0728. The zero-order chi connectivity index (χ0) is 22.0. The summed E-state index contributed by atoms with van der Waals surface area (Å²) in [6.07, 6.45) is 7.44. The van der Waals surface area contributed by atoms with Crippen LogP contribution in [0, 0.1) is 37.2 Å². The third-order valence-corrected chi connectivity index (χ3v) is 4.67. The number of benzene rings is 2. The monoisotopic (exact) mass is 408 g/mol.